The largest absolute Gasteiger partial charge is 0.462 e. The Bertz CT molecular complexity index is 1860. The van der Waals surface area contributed by atoms with Crippen LogP contribution in [0.5, 0.6) is 0 Å². The van der Waals surface area contributed by atoms with Gasteiger partial charge in [0, 0.05) is 36.6 Å². The number of carbonyl (C=O) groups is 4. The zero-order valence-electron chi connectivity index (χ0n) is 26.2. The fraction of sp³-hybridized carbons (Fsp3) is 0.222. The molecule has 0 saturated carbocycles. The van der Waals surface area contributed by atoms with E-state index in [0.29, 0.717) is 37.4 Å². The third kappa shape index (κ3) is 8.68. The van der Waals surface area contributed by atoms with Crippen molar-refractivity contribution in [3.8, 4) is 0 Å². The van der Waals surface area contributed by atoms with E-state index in [1.54, 1.807) is 80.6 Å². The first-order valence-corrected chi connectivity index (χ1v) is 17.8. The SMILES string of the molecule is CCOC(=O)c1c(NC(=O)C(C)Sc2cccc(NC(=O)/C(=C\c3c(Cl)cccc3Cl)NC(=O)c3ccccc3)c2)sc2c1CCCC2. The normalized spacial score (nSPS) is 13.2. The molecule has 0 bridgehead atoms. The van der Waals surface area contributed by atoms with Gasteiger partial charge in [0.25, 0.3) is 11.8 Å². The van der Waals surface area contributed by atoms with E-state index in [9.17, 15) is 19.2 Å². The minimum Gasteiger partial charge on any atom is -0.462 e. The molecular formula is C36H33Cl2N3O5S2. The van der Waals surface area contributed by atoms with E-state index in [1.807, 2.05) is 6.07 Å². The molecule has 3 amide bonds. The molecule has 5 rings (SSSR count). The molecule has 1 aliphatic rings. The van der Waals surface area contributed by atoms with Gasteiger partial charge in [-0.2, -0.15) is 0 Å². The quantitative estimate of drug-likeness (QED) is 0.0812. The topological polar surface area (TPSA) is 114 Å². The number of amides is 3. The molecule has 4 aromatic rings. The number of rotatable bonds is 11. The Hall–Kier alpha value is -4.09. The average molecular weight is 723 g/mol. The number of thiophene rings is 1. The number of esters is 1. The van der Waals surface area contributed by atoms with Crippen molar-refractivity contribution in [3.05, 3.63) is 116 Å². The molecule has 8 nitrogen and oxygen atoms in total. The van der Waals surface area contributed by atoms with Crippen molar-refractivity contribution in [3.63, 3.8) is 0 Å². The third-order valence-electron chi connectivity index (χ3n) is 7.48. The summed E-state index contributed by atoms with van der Waals surface area (Å²) < 4.78 is 5.32. The second kappa shape index (κ2) is 16.3. The summed E-state index contributed by atoms with van der Waals surface area (Å²) in [6.45, 7) is 3.78. The van der Waals surface area contributed by atoms with E-state index in [2.05, 4.69) is 16.0 Å². The van der Waals surface area contributed by atoms with Crippen LogP contribution < -0.4 is 16.0 Å². The van der Waals surface area contributed by atoms with E-state index < -0.39 is 23.0 Å². The number of thioether (sulfide) groups is 1. The van der Waals surface area contributed by atoms with E-state index in [-0.39, 0.29) is 18.2 Å². The minimum absolute atomic E-state index is 0.0688. The van der Waals surface area contributed by atoms with Crippen molar-refractivity contribution < 1.29 is 23.9 Å². The molecule has 12 heteroatoms. The predicted octanol–water partition coefficient (Wildman–Crippen LogP) is 8.64. The number of hydrogen-bond acceptors (Lipinski definition) is 7. The molecule has 48 heavy (non-hydrogen) atoms. The summed E-state index contributed by atoms with van der Waals surface area (Å²) in [6, 6.07) is 20.5. The number of carbonyl (C=O) groups excluding carboxylic acids is 4. The molecule has 3 aromatic carbocycles. The number of aryl methyl sites for hydroxylation is 1. The Balaban J connectivity index is 1.31. The minimum atomic E-state index is -0.601. The molecule has 1 aliphatic carbocycles. The number of hydrogen-bond donors (Lipinski definition) is 3. The maximum Gasteiger partial charge on any atom is 0.341 e. The summed E-state index contributed by atoms with van der Waals surface area (Å²) in [5.41, 5.74) is 2.56. The maximum atomic E-state index is 13.6. The van der Waals surface area contributed by atoms with Crippen LogP contribution in [0.2, 0.25) is 10.0 Å². The van der Waals surface area contributed by atoms with Gasteiger partial charge >= 0.3 is 5.97 Å². The molecule has 0 fully saturated rings. The van der Waals surface area contributed by atoms with Crippen molar-refractivity contribution in [2.24, 2.45) is 0 Å². The zero-order chi connectivity index (χ0) is 34.2. The lowest BCUT2D eigenvalue weighted by atomic mass is 9.95. The smallest absolute Gasteiger partial charge is 0.341 e. The molecule has 0 aliphatic heterocycles. The Morgan fingerprint density at radius 1 is 0.938 bits per heavy atom. The van der Waals surface area contributed by atoms with Crippen LogP contribution in [0.1, 0.15) is 63.4 Å². The molecule has 248 valence electrons. The second-order valence-electron chi connectivity index (χ2n) is 10.9. The zero-order valence-corrected chi connectivity index (χ0v) is 29.4. The van der Waals surface area contributed by atoms with Crippen LogP contribution in [0.15, 0.2) is 83.4 Å². The van der Waals surface area contributed by atoms with Gasteiger partial charge in [-0.05, 0) is 93.6 Å². The van der Waals surface area contributed by atoms with Crippen LogP contribution in [0.4, 0.5) is 10.7 Å². The van der Waals surface area contributed by atoms with Crippen LogP contribution in [0.25, 0.3) is 6.08 Å². The lowest BCUT2D eigenvalue weighted by Crippen LogP contribution is -2.30. The molecule has 1 unspecified atom stereocenters. The summed E-state index contributed by atoms with van der Waals surface area (Å²) in [4.78, 5) is 54.6. The molecule has 3 N–H and O–H groups in total. The highest BCUT2D eigenvalue weighted by molar-refractivity contribution is 8.00. The first kappa shape index (κ1) is 35.2. The molecule has 1 heterocycles. The number of halogens is 2. The first-order chi connectivity index (χ1) is 23.1. The fourth-order valence-electron chi connectivity index (χ4n) is 5.13. The number of anilines is 2. The van der Waals surface area contributed by atoms with Gasteiger partial charge in [0.05, 0.1) is 17.4 Å². The van der Waals surface area contributed by atoms with Gasteiger partial charge in [0.15, 0.2) is 0 Å². The number of ether oxygens (including phenoxy) is 1. The molecule has 0 spiro atoms. The van der Waals surface area contributed by atoms with Gasteiger partial charge in [0.1, 0.15) is 10.7 Å². The monoisotopic (exact) mass is 721 g/mol. The van der Waals surface area contributed by atoms with Gasteiger partial charge in [-0.25, -0.2) is 4.79 Å². The van der Waals surface area contributed by atoms with Gasteiger partial charge < -0.3 is 20.7 Å². The molecular weight excluding hydrogens is 689 g/mol. The van der Waals surface area contributed by atoms with Crippen molar-refractivity contribution in [2.45, 2.75) is 49.7 Å². The third-order valence-corrected chi connectivity index (χ3v) is 10.4. The van der Waals surface area contributed by atoms with Crippen molar-refractivity contribution in [1.82, 2.24) is 5.32 Å². The van der Waals surface area contributed by atoms with Crippen LogP contribution in [-0.2, 0) is 27.2 Å². The van der Waals surface area contributed by atoms with Gasteiger partial charge in [-0.3, -0.25) is 14.4 Å². The second-order valence-corrected chi connectivity index (χ2v) is 14.2. The summed E-state index contributed by atoms with van der Waals surface area (Å²) in [6.07, 6.45) is 5.14. The van der Waals surface area contributed by atoms with E-state index >= 15 is 0 Å². The van der Waals surface area contributed by atoms with Crippen LogP contribution >= 0.6 is 46.3 Å². The maximum absolute atomic E-state index is 13.6. The summed E-state index contributed by atoms with van der Waals surface area (Å²) in [5.74, 6) is -1.76. The summed E-state index contributed by atoms with van der Waals surface area (Å²) >= 11 is 15.5. The van der Waals surface area contributed by atoms with Crippen LogP contribution in [0, 0.1) is 0 Å². The molecule has 0 radical (unpaired) electrons. The highest BCUT2D eigenvalue weighted by Gasteiger charge is 2.28. The molecule has 0 saturated heterocycles. The predicted molar refractivity (Wildman–Crippen MR) is 194 cm³/mol. The molecule has 1 atom stereocenters. The van der Waals surface area contributed by atoms with Crippen molar-refractivity contribution in [2.75, 3.05) is 17.2 Å². The van der Waals surface area contributed by atoms with Crippen molar-refractivity contribution in [1.29, 1.82) is 0 Å². The van der Waals surface area contributed by atoms with Crippen LogP contribution in [-0.4, -0.2) is 35.5 Å². The number of fused-ring (bicyclic) bond motifs is 1. The average Bonchev–Trinajstić information content (AvgIpc) is 3.44. The lowest BCUT2D eigenvalue weighted by molar-refractivity contribution is -0.115. The highest BCUT2D eigenvalue weighted by Crippen LogP contribution is 2.39. The first-order valence-electron chi connectivity index (χ1n) is 15.4. The fourth-order valence-corrected chi connectivity index (χ4v) is 7.84. The Labute approximate surface area is 297 Å². The van der Waals surface area contributed by atoms with Gasteiger partial charge in [0.2, 0.25) is 5.91 Å². The Morgan fingerprint density at radius 3 is 2.38 bits per heavy atom. The highest BCUT2D eigenvalue weighted by atomic mass is 35.5. The van der Waals surface area contributed by atoms with E-state index in [0.717, 1.165) is 41.0 Å². The Kier molecular flexibility index (Phi) is 12.0. The number of benzene rings is 3. The Morgan fingerprint density at radius 2 is 1.65 bits per heavy atom. The summed E-state index contributed by atoms with van der Waals surface area (Å²) in [7, 11) is 0. The number of nitrogens with one attached hydrogen (secondary N) is 3. The summed E-state index contributed by atoms with van der Waals surface area (Å²) in [5, 5.41) is 9.09. The van der Waals surface area contributed by atoms with E-state index in [1.165, 1.54) is 29.2 Å². The lowest BCUT2D eigenvalue weighted by Gasteiger charge is -2.15. The van der Waals surface area contributed by atoms with Gasteiger partial charge in [-0.15, -0.1) is 23.1 Å². The van der Waals surface area contributed by atoms with Crippen LogP contribution in [0.3, 0.4) is 0 Å². The standard InChI is InChI=1S/C36H33Cl2N3O5S2/c1-3-46-36(45)31-25-15-7-8-18-30(25)48-35(31)41-32(42)21(2)47-24-14-9-13-23(19-24)39-34(44)29(20-26-27(37)16-10-17-28(26)38)40-33(43)22-11-5-4-6-12-22/h4-6,9-14,16-17,19-21H,3,7-8,15,18H2,1-2H3,(H,39,44)(H,40,43)(H,41,42)/b29-20+. The molecule has 1 aromatic heterocycles. The van der Waals surface area contributed by atoms with Gasteiger partial charge in [-0.1, -0.05) is 53.5 Å². The van der Waals surface area contributed by atoms with Crippen molar-refractivity contribution >= 4 is 86.8 Å². The van der Waals surface area contributed by atoms with E-state index in [4.69, 9.17) is 27.9 Å².